The number of carbonyl (C=O) groups excluding carboxylic acids is 1. The molecule has 1 fully saturated rings. The van der Waals surface area contributed by atoms with E-state index in [0.717, 1.165) is 11.1 Å². The van der Waals surface area contributed by atoms with Gasteiger partial charge in [-0.15, -0.1) is 0 Å². The van der Waals surface area contributed by atoms with Gasteiger partial charge in [-0.25, -0.2) is 0 Å². The molecular weight excluding hydrogens is 330 g/mol. The first-order valence-corrected chi connectivity index (χ1v) is 8.61. The van der Waals surface area contributed by atoms with Crippen LogP contribution in [0, 0.1) is 5.92 Å². The summed E-state index contributed by atoms with van der Waals surface area (Å²) in [6, 6.07) is 7.45. The lowest BCUT2D eigenvalue weighted by Crippen LogP contribution is -2.30. The Kier molecular flexibility index (Phi) is 4.43. The molecule has 1 aliphatic heterocycles. The number of rotatable bonds is 4. The SMILES string of the molecule is C[C@@H]1CN(C(=O)Cc2cccnc2)C[C@H]1c1nc(-c2ccncc2)no1. The highest BCUT2D eigenvalue weighted by Gasteiger charge is 2.36. The van der Waals surface area contributed by atoms with Gasteiger partial charge in [0.2, 0.25) is 17.6 Å². The van der Waals surface area contributed by atoms with Gasteiger partial charge in [0.1, 0.15) is 0 Å². The lowest BCUT2D eigenvalue weighted by molar-refractivity contribution is -0.129. The van der Waals surface area contributed by atoms with Crippen LogP contribution in [0.4, 0.5) is 0 Å². The molecule has 2 atom stereocenters. The second-order valence-corrected chi connectivity index (χ2v) is 6.61. The Labute approximate surface area is 151 Å². The van der Waals surface area contributed by atoms with Gasteiger partial charge in [-0.05, 0) is 29.7 Å². The highest BCUT2D eigenvalue weighted by atomic mass is 16.5. The van der Waals surface area contributed by atoms with E-state index in [9.17, 15) is 4.79 Å². The van der Waals surface area contributed by atoms with Crippen molar-refractivity contribution < 1.29 is 9.32 Å². The third-order valence-corrected chi connectivity index (χ3v) is 4.74. The summed E-state index contributed by atoms with van der Waals surface area (Å²) in [6.07, 6.45) is 7.19. The number of nitrogens with zero attached hydrogens (tertiary/aromatic N) is 5. The molecule has 0 spiro atoms. The molecule has 4 heterocycles. The molecule has 0 aromatic carbocycles. The maximum atomic E-state index is 12.6. The van der Waals surface area contributed by atoms with E-state index < -0.39 is 0 Å². The third-order valence-electron chi connectivity index (χ3n) is 4.74. The number of hydrogen-bond donors (Lipinski definition) is 0. The number of likely N-dealkylation sites (tertiary alicyclic amines) is 1. The van der Waals surface area contributed by atoms with Crippen LogP contribution in [0.2, 0.25) is 0 Å². The number of aromatic nitrogens is 4. The lowest BCUT2D eigenvalue weighted by atomic mass is 9.98. The monoisotopic (exact) mass is 349 g/mol. The molecule has 0 unspecified atom stereocenters. The molecule has 1 saturated heterocycles. The summed E-state index contributed by atoms with van der Waals surface area (Å²) in [6.45, 7) is 3.40. The van der Waals surface area contributed by atoms with Crippen LogP contribution < -0.4 is 0 Å². The maximum Gasteiger partial charge on any atom is 0.232 e. The van der Waals surface area contributed by atoms with Crippen molar-refractivity contribution in [3.8, 4) is 11.4 Å². The Morgan fingerprint density at radius 2 is 2.04 bits per heavy atom. The minimum atomic E-state index is 0.0518. The van der Waals surface area contributed by atoms with Crippen LogP contribution in [-0.2, 0) is 11.2 Å². The molecule has 3 aromatic rings. The van der Waals surface area contributed by atoms with Crippen LogP contribution in [0.15, 0.2) is 53.6 Å². The van der Waals surface area contributed by atoms with Crippen molar-refractivity contribution in [2.24, 2.45) is 5.92 Å². The molecule has 3 aromatic heterocycles. The van der Waals surface area contributed by atoms with Crippen molar-refractivity contribution in [2.75, 3.05) is 13.1 Å². The van der Waals surface area contributed by atoms with Gasteiger partial charge in [0.25, 0.3) is 0 Å². The Hall–Kier alpha value is -3.09. The van der Waals surface area contributed by atoms with Gasteiger partial charge in [0.15, 0.2) is 0 Å². The first-order chi connectivity index (χ1) is 12.7. The molecule has 7 nitrogen and oxygen atoms in total. The molecule has 0 saturated carbocycles. The molecule has 0 aliphatic carbocycles. The molecule has 0 N–H and O–H groups in total. The summed E-state index contributed by atoms with van der Waals surface area (Å²) in [7, 11) is 0. The standard InChI is InChI=1S/C19H19N5O2/c1-13-11-24(17(25)9-14-3-2-6-21-10-14)12-16(13)19-22-18(23-26-19)15-4-7-20-8-5-15/h2-8,10,13,16H,9,11-12H2,1H3/t13-,16-/m1/s1. The summed E-state index contributed by atoms with van der Waals surface area (Å²) in [5.41, 5.74) is 1.79. The van der Waals surface area contributed by atoms with Gasteiger partial charge in [-0.2, -0.15) is 4.98 Å². The van der Waals surface area contributed by atoms with Crippen molar-refractivity contribution in [1.29, 1.82) is 0 Å². The van der Waals surface area contributed by atoms with Crippen molar-refractivity contribution in [2.45, 2.75) is 19.3 Å². The average molecular weight is 349 g/mol. The second kappa shape index (κ2) is 7.03. The van der Waals surface area contributed by atoms with Crippen LogP contribution in [0.25, 0.3) is 11.4 Å². The largest absolute Gasteiger partial charge is 0.341 e. The van der Waals surface area contributed by atoms with E-state index in [-0.39, 0.29) is 17.7 Å². The fraction of sp³-hybridized carbons (Fsp3) is 0.316. The van der Waals surface area contributed by atoms with Crippen LogP contribution in [0.5, 0.6) is 0 Å². The molecule has 132 valence electrons. The van der Waals surface area contributed by atoms with E-state index >= 15 is 0 Å². The zero-order chi connectivity index (χ0) is 17.9. The molecule has 0 bridgehead atoms. The van der Waals surface area contributed by atoms with Crippen molar-refractivity contribution >= 4 is 5.91 Å². The maximum absolute atomic E-state index is 12.6. The normalized spacial score (nSPS) is 19.7. The smallest absolute Gasteiger partial charge is 0.232 e. The van der Waals surface area contributed by atoms with Gasteiger partial charge in [0, 0.05) is 43.4 Å². The number of pyridine rings is 2. The van der Waals surface area contributed by atoms with Crippen LogP contribution >= 0.6 is 0 Å². The summed E-state index contributed by atoms with van der Waals surface area (Å²) in [5.74, 6) is 1.55. The van der Waals surface area contributed by atoms with Gasteiger partial charge >= 0.3 is 0 Å². The topological polar surface area (TPSA) is 85.0 Å². The number of amides is 1. The lowest BCUT2D eigenvalue weighted by Gasteiger charge is -2.15. The van der Waals surface area contributed by atoms with E-state index in [1.807, 2.05) is 29.2 Å². The Morgan fingerprint density at radius 3 is 2.81 bits per heavy atom. The summed E-state index contributed by atoms with van der Waals surface area (Å²) in [5, 5.41) is 4.08. The minimum Gasteiger partial charge on any atom is -0.341 e. The van der Waals surface area contributed by atoms with E-state index in [4.69, 9.17) is 4.52 Å². The highest BCUT2D eigenvalue weighted by Crippen LogP contribution is 2.32. The van der Waals surface area contributed by atoms with Crippen molar-refractivity contribution in [3.05, 3.63) is 60.5 Å². The number of hydrogen-bond acceptors (Lipinski definition) is 6. The molecular formula is C19H19N5O2. The second-order valence-electron chi connectivity index (χ2n) is 6.61. The van der Waals surface area contributed by atoms with Crippen LogP contribution in [0.3, 0.4) is 0 Å². The molecule has 1 aliphatic rings. The van der Waals surface area contributed by atoms with E-state index in [0.29, 0.717) is 31.2 Å². The van der Waals surface area contributed by atoms with Crippen molar-refractivity contribution in [1.82, 2.24) is 25.0 Å². The van der Waals surface area contributed by atoms with Gasteiger partial charge in [-0.1, -0.05) is 18.1 Å². The summed E-state index contributed by atoms with van der Waals surface area (Å²) < 4.78 is 5.49. The highest BCUT2D eigenvalue weighted by molar-refractivity contribution is 5.79. The molecule has 7 heteroatoms. The van der Waals surface area contributed by atoms with E-state index in [1.165, 1.54) is 0 Å². The average Bonchev–Trinajstić information content (AvgIpc) is 3.30. The fourth-order valence-corrected chi connectivity index (χ4v) is 3.29. The molecule has 1 amide bonds. The van der Waals surface area contributed by atoms with Crippen LogP contribution in [-0.4, -0.2) is 44.0 Å². The predicted octanol–water partition coefficient (Wildman–Crippen LogP) is 2.33. The van der Waals surface area contributed by atoms with Crippen LogP contribution in [0.1, 0.15) is 24.3 Å². The Balaban J connectivity index is 1.46. The fourth-order valence-electron chi connectivity index (χ4n) is 3.29. The first kappa shape index (κ1) is 16.4. The van der Waals surface area contributed by atoms with Gasteiger partial charge in [0.05, 0.1) is 12.3 Å². The van der Waals surface area contributed by atoms with Crippen molar-refractivity contribution in [3.63, 3.8) is 0 Å². The summed E-state index contributed by atoms with van der Waals surface area (Å²) in [4.78, 5) is 27.1. The first-order valence-electron chi connectivity index (χ1n) is 8.61. The zero-order valence-electron chi connectivity index (χ0n) is 14.4. The molecule has 26 heavy (non-hydrogen) atoms. The van der Waals surface area contributed by atoms with Gasteiger partial charge in [-0.3, -0.25) is 14.8 Å². The summed E-state index contributed by atoms with van der Waals surface area (Å²) >= 11 is 0. The number of carbonyl (C=O) groups is 1. The van der Waals surface area contributed by atoms with Gasteiger partial charge < -0.3 is 9.42 Å². The minimum absolute atomic E-state index is 0.0518. The zero-order valence-corrected chi connectivity index (χ0v) is 14.4. The predicted molar refractivity (Wildman–Crippen MR) is 94.0 cm³/mol. The molecule has 0 radical (unpaired) electrons. The van der Waals surface area contributed by atoms with E-state index in [2.05, 4.69) is 27.0 Å². The third kappa shape index (κ3) is 3.33. The quantitative estimate of drug-likeness (QED) is 0.719. The molecule has 4 rings (SSSR count). The Bertz CT molecular complexity index is 881. The van der Waals surface area contributed by atoms with E-state index in [1.54, 1.807) is 24.8 Å². The Morgan fingerprint density at radius 1 is 1.19 bits per heavy atom.